The minimum Gasteiger partial charge on any atom is -0.396 e. The van der Waals surface area contributed by atoms with Gasteiger partial charge in [0, 0.05) is 6.20 Å². The van der Waals surface area contributed by atoms with Crippen LogP contribution in [0.4, 0.5) is 11.4 Å². The largest absolute Gasteiger partial charge is 0.396 e. The van der Waals surface area contributed by atoms with Crippen molar-refractivity contribution in [1.29, 1.82) is 0 Å². The van der Waals surface area contributed by atoms with Crippen LogP contribution in [0.15, 0.2) is 29.3 Å². The number of aryl methyl sites for hydroxylation is 1. The van der Waals surface area contributed by atoms with E-state index >= 15 is 0 Å². The monoisotopic (exact) mass is 365 g/mol. The molecule has 21 heavy (non-hydrogen) atoms. The Kier molecular flexibility index (Phi) is 4.53. The molecule has 0 atom stereocenters. The standard InChI is InChI=1S/C12H10Cl3N3O2S/c1-6-4-8(12(15)17-5-6)18-21(19,20)9-3-2-7(13)11(16)10(9)14/h2-5,18H,16H2,1H3. The number of nitrogens with two attached hydrogens (primary N) is 1. The molecule has 0 saturated heterocycles. The zero-order valence-corrected chi connectivity index (χ0v) is 13.8. The Morgan fingerprint density at radius 3 is 2.57 bits per heavy atom. The van der Waals surface area contributed by atoms with E-state index in [0.29, 0.717) is 0 Å². The van der Waals surface area contributed by atoms with Crippen molar-refractivity contribution in [1.82, 2.24) is 4.98 Å². The molecule has 1 aromatic carbocycles. The lowest BCUT2D eigenvalue weighted by atomic mass is 10.3. The molecule has 0 aliphatic carbocycles. The predicted molar refractivity (Wildman–Crippen MR) is 85.7 cm³/mol. The number of hydrogen-bond donors (Lipinski definition) is 2. The van der Waals surface area contributed by atoms with Gasteiger partial charge in [0.05, 0.1) is 21.4 Å². The molecule has 0 bridgehead atoms. The molecule has 0 amide bonds. The van der Waals surface area contributed by atoms with Gasteiger partial charge in [0.25, 0.3) is 10.0 Å². The average molecular weight is 367 g/mol. The summed E-state index contributed by atoms with van der Waals surface area (Å²) in [6.07, 6.45) is 1.52. The third-order valence-corrected chi connectivity index (χ3v) is 5.16. The molecule has 5 nitrogen and oxygen atoms in total. The Bertz CT molecular complexity index is 810. The summed E-state index contributed by atoms with van der Waals surface area (Å²) in [5.41, 5.74) is 6.53. The fourth-order valence-electron chi connectivity index (χ4n) is 1.58. The lowest BCUT2D eigenvalue weighted by Gasteiger charge is -2.12. The summed E-state index contributed by atoms with van der Waals surface area (Å²) in [6.45, 7) is 1.76. The van der Waals surface area contributed by atoms with Gasteiger partial charge in [0.2, 0.25) is 0 Å². The van der Waals surface area contributed by atoms with Crippen molar-refractivity contribution < 1.29 is 8.42 Å². The molecule has 3 N–H and O–H groups in total. The number of nitrogen functional groups attached to an aromatic ring is 1. The normalized spacial score (nSPS) is 11.4. The van der Waals surface area contributed by atoms with Crippen LogP contribution >= 0.6 is 34.8 Å². The maximum Gasteiger partial charge on any atom is 0.263 e. The smallest absolute Gasteiger partial charge is 0.263 e. The maximum absolute atomic E-state index is 12.4. The number of nitrogens with zero attached hydrogens (tertiary/aromatic N) is 1. The second-order valence-electron chi connectivity index (χ2n) is 4.23. The van der Waals surface area contributed by atoms with E-state index in [1.54, 1.807) is 13.0 Å². The van der Waals surface area contributed by atoms with Crippen LogP contribution in [0.2, 0.25) is 15.2 Å². The molecule has 2 aromatic rings. The van der Waals surface area contributed by atoms with Crippen LogP contribution in [0.25, 0.3) is 0 Å². The molecular weight excluding hydrogens is 357 g/mol. The molecule has 1 heterocycles. The van der Waals surface area contributed by atoms with Crippen molar-refractivity contribution in [2.75, 3.05) is 10.5 Å². The van der Waals surface area contributed by atoms with E-state index in [-0.39, 0.29) is 31.5 Å². The van der Waals surface area contributed by atoms with Gasteiger partial charge < -0.3 is 5.73 Å². The second kappa shape index (κ2) is 5.88. The molecule has 0 radical (unpaired) electrons. The minimum atomic E-state index is -3.97. The molecule has 0 spiro atoms. The molecule has 1 aromatic heterocycles. The van der Waals surface area contributed by atoms with Crippen LogP contribution < -0.4 is 10.5 Å². The summed E-state index contributed by atoms with van der Waals surface area (Å²) >= 11 is 17.6. The number of rotatable bonds is 3. The Morgan fingerprint density at radius 1 is 1.24 bits per heavy atom. The van der Waals surface area contributed by atoms with E-state index in [1.807, 2.05) is 0 Å². The number of hydrogen-bond acceptors (Lipinski definition) is 4. The van der Waals surface area contributed by atoms with Crippen LogP contribution in [0.3, 0.4) is 0 Å². The molecule has 0 aliphatic heterocycles. The first kappa shape index (κ1) is 16.2. The second-order valence-corrected chi connectivity index (χ2v) is 7.02. The van der Waals surface area contributed by atoms with Gasteiger partial charge in [-0.3, -0.25) is 4.72 Å². The minimum absolute atomic E-state index is 0.00493. The Balaban J connectivity index is 2.49. The summed E-state index contributed by atoms with van der Waals surface area (Å²) in [7, 11) is -3.97. The van der Waals surface area contributed by atoms with Gasteiger partial charge in [-0.1, -0.05) is 34.8 Å². The van der Waals surface area contributed by atoms with E-state index in [2.05, 4.69) is 9.71 Å². The molecule has 0 unspecified atom stereocenters. The molecule has 2 rings (SSSR count). The third kappa shape index (κ3) is 3.35. The van der Waals surface area contributed by atoms with Gasteiger partial charge >= 0.3 is 0 Å². The number of benzene rings is 1. The van der Waals surface area contributed by atoms with Crippen LogP contribution in [-0.2, 0) is 10.0 Å². The highest BCUT2D eigenvalue weighted by Crippen LogP contribution is 2.34. The molecule has 112 valence electrons. The van der Waals surface area contributed by atoms with E-state index < -0.39 is 10.0 Å². The quantitative estimate of drug-likeness (QED) is 0.640. The van der Waals surface area contributed by atoms with Crippen LogP contribution in [0.1, 0.15) is 5.56 Å². The van der Waals surface area contributed by atoms with Crippen molar-refractivity contribution in [3.8, 4) is 0 Å². The van der Waals surface area contributed by atoms with Crippen LogP contribution in [0, 0.1) is 6.92 Å². The summed E-state index contributed by atoms with van der Waals surface area (Å²) in [4.78, 5) is 3.68. The predicted octanol–water partition coefficient (Wildman–Crippen LogP) is 3.73. The summed E-state index contributed by atoms with van der Waals surface area (Å²) < 4.78 is 27.1. The van der Waals surface area contributed by atoms with Gasteiger partial charge in [-0.25, -0.2) is 13.4 Å². The number of aromatic nitrogens is 1. The molecular formula is C12H10Cl3N3O2S. The van der Waals surface area contributed by atoms with E-state index in [9.17, 15) is 8.42 Å². The first-order chi connectivity index (χ1) is 9.72. The van der Waals surface area contributed by atoms with Crippen LogP contribution in [0.5, 0.6) is 0 Å². The Hall–Kier alpha value is -1.21. The van der Waals surface area contributed by atoms with E-state index in [1.165, 1.54) is 18.3 Å². The molecule has 0 saturated carbocycles. The summed E-state index contributed by atoms with van der Waals surface area (Å²) in [5.74, 6) is 0. The third-order valence-electron chi connectivity index (χ3n) is 2.60. The average Bonchev–Trinajstić information content (AvgIpc) is 2.39. The van der Waals surface area contributed by atoms with Gasteiger partial charge in [0.15, 0.2) is 5.15 Å². The lowest BCUT2D eigenvalue weighted by molar-refractivity contribution is 0.601. The Morgan fingerprint density at radius 2 is 1.90 bits per heavy atom. The molecule has 9 heteroatoms. The van der Waals surface area contributed by atoms with Gasteiger partial charge in [0.1, 0.15) is 4.90 Å². The van der Waals surface area contributed by atoms with Crippen LogP contribution in [-0.4, -0.2) is 13.4 Å². The van der Waals surface area contributed by atoms with Crippen molar-refractivity contribution in [3.63, 3.8) is 0 Å². The zero-order chi connectivity index (χ0) is 15.8. The van der Waals surface area contributed by atoms with Crippen molar-refractivity contribution in [2.24, 2.45) is 0 Å². The lowest BCUT2D eigenvalue weighted by Crippen LogP contribution is -2.14. The topological polar surface area (TPSA) is 85.1 Å². The number of nitrogens with one attached hydrogen (secondary N) is 1. The summed E-state index contributed by atoms with van der Waals surface area (Å²) in [5, 5.41) is 0.0585. The first-order valence-electron chi connectivity index (χ1n) is 5.61. The van der Waals surface area contributed by atoms with E-state index in [4.69, 9.17) is 40.5 Å². The SMILES string of the molecule is Cc1cnc(Cl)c(NS(=O)(=O)c2ccc(Cl)c(N)c2Cl)c1. The van der Waals surface area contributed by atoms with Crippen molar-refractivity contribution >= 4 is 56.2 Å². The van der Waals surface area contributed by atoms with Gasteiger partial charge in [-0.2, -0.15) is 0 Å². The van der Waals surface area contributed by atoms with Crippen molar-refractivity contribution in [3.05, 3.63) is 45.2 Å². The Labute approximate surface area is 137 Å². The number of pyridine rings is 1. The molecule has 0 fully saturated rings. The van der Waals surface area contributed by atoms with Gasteiger partial charge in [-0.15, -0.1) is 0 Å². The zero-order valence-electron chi connectivity index (χ0n) is 10.7. The maximum atomic E-state index is 12.4. The highest BCUT2D eigenvalue weighted by molar-refractivity contribution is 7.92. The fraction of sp³-hybridized carbons (Fsp3) is 0.0833. The molecule has 0 aliphatic rings. The number of anilines is 2. The summed E-state index contributed by atoms with van der Waals surface area (Å²) in [6, 6.07) is 4.17. The number of halogens is 3. The highest BCUT2D eigenvalue weighted by Gasteiger charge is 2.22. The fourth-order valence-corrected chi connectivity index (χ4v) is 3.61. The first-order valence-corrected chi connectivity index (χ1v) is 8.22. The van der Waals surface area contributed by atoms with Crippen molar-refractivity contribution in [2.45, 2.75) is 11.8 Å². The van der Waals surface area contributed by atoms with Gasteiger partial charge in [-0.05, 0) is 30.7 Å². The van der Waals surface area contributed by atoms with E-state index in [0.717, 1.165) is 5.56 Å². The number of sulfonamides is 1. The highest BCUT2D eigenvalue weighted by atomic mass is 35.5.